The van der Waals surface area contributed by atoms with Crippen LogP contribution in [0.3, 0.4) is 0 Å². The molecule has 0 saturated heterocycles. The fourth-order valence-electron chi connectivity index (χ4n) is 1.25. The van der Waals surface area contributed by atoms with Crippen LogP contribution in [0.15, 0.2) is 28.9 Å². The predicted molar refractivity (Wildman–Crippen MR) is 59.2 cm³/mol. The third-order valence-electron chi connectivity index (χ3n) is 1.90. The van der Waals surface area contributed by atoms with Gasteiger partial charge in [0.25, 0.3) is 0 Å². The molecule has 0 bridgehead atoms. The lowest BCUT2D eigenvalue weighted by atomic mass is 10.1. The minimum absolute atomic E-state index is 0.721. The van der Waals surface area contributed by atoms with Crippen LogP contribution in [0.4, 0.5) is 0 Å². The van der Waals surface area contributed by atoms with Gasteiger partial charge in [-0.2, -0.15) is 0 Å². The Morgan fingerprint density at radius 1 is 1.23 bits per heavy atom. The molecule has 0 amide bonds. The van der Waals surface area contributed by atoms with E-state index in [1.165, 1.54) is 0 Å². The van der Waals surface area contributed by atoms with E-state index in [4.69, 9.17) is 11.6 Å². The largest absolute Gasteiger partial charge is 0.261 e. The molecule has 1 nitrogen and oxygen atoms in total. The number of hydrogen-bond donors (Lipinski definition) is 0. The number of aromatic nitrogens is 1. The first-order valence-electron chi connectivity index (χ1n) is 3.88. The third-order valence-corrected chi connectivity index (χ3v) is 3.09. The van der Waals surface area contributed by atoms with Crippen molar-refractivity contribution in [3.8, 4) is 0 Å². The van der Waals surface area contributed by atoms with E-state index in [-0.39, 0.29) is 0 Å². The van der Waals surface area contributed by atoms with E-state index in [9.17, 15) is 0 Å². The van der Waals surface area contributed by atoms with Crippen molar-refractivity contribution in [2.75, 3.05) is 0 Å². The predicted octanol–water partition coefficient (Wildman–Crippen LogP) is 3.96. The molecule has 0 fully saturated rings. The molecule has 1 heterocycles. The number of halogens is 2. The first-order valence-corrected chi connectivity index (χ1v) is 5.05. The number of pyridine rings is 1. The molecule has 0 N–H and O–H groups in total. The van der Waals surface area contributed by atoms with E-state index in [1.54, 1.807) is 0 Å². The van der Waals surface area contributed by atoms with Crippen molar-refractivity contribution in [2.24, 2.45) is 0 Å². The Balaban J connectivity index is 2.81. The molecule has 0 aliphatic carbocycles. The maximum Gasteiger partial charge on any atom is 0.0555 e. The van der Waals surface area contributed by atoms with Crippen LogP contribution in [-0.4, -0.2) is 4.98 Å². The second kappa shape index (κ2) is 3.28. The quantitative estimate of drug-likeness (QED) is 0.695. The molecule has 0 aliphatic heterocycles. The highest BCUT2D eigenvalue weighted by Crippen LogP contribution is 2.27. The zero-order valence-electron chi connectivity index (χ0n) is 7.01. The molecule has 3 heteroatoms. The Morgan fingerprint density at radius 2 is 2.00 bits per heavy atom. The van der Waals surface area contributed by atoms with E-state index in [0.29, 0.717) is 0 Å². The molecule has 0 spiro atoms. The van der Waals surface area contributed by atoms with Gasteiger partial charge in [0.2, 0.25) is 0 Å². The van der Waals surface area contributed by atoms with Crippen LogP contribution >= 0.6 is 27.5 Å². The molecule has 0 saturated carbocycles. The van der Waals surface area contributed by atoms with Gasteiger partial charge in [0, 0.05) is 21.7 Å². The van der Waals surface area contributed by atoms with Crippen LogP contribution in [0.1, 0.15) is 5.69 Å². The standard InChI is InChI=1S/C10H7BrClN/c1-6-2-7-3-9(11)10(12)4-8(7)5-13-6/h2-5H,1H3. The highest BCUT2D eigenvalue weighted by Gasteiger charge is 2.00. The fraction of sp³-hybridized carbons (Fsp3) is 0.100. The maximum absolute atomic E-state index is 5.95. The van der Waals surface area contributed by atoms with Gasteiger partial charge in [-0.1, -0.05) is 11.6 Å². The average Bonchev–Trinajstić information content (AvgIpc) is 2.08. The molecule has 1 aromatic carbocycles. The molecular formula is C10H7BrClN. The van der Waals surface area contributed by atoms with Crippen LogP contribution < -0.4 is 0 Å². The number of benzene rings is 1. The summed E-state index contributed by atoms with van der Waals surface area (Å²) in [4.78, 5) is 4.20. The zero-order chi connectivity index (χ0) is 9.42. The number of aryl methyl sites for hydroxylation is 1. The van der Waals surface area contributed by atoms with Gasteiger partial charge in [0.05, 0.1) is 5.02 Å². The lowest BCUT2D eigenvalue weighted by molar-refractivity contribution is 1.22. The minimum Gasteiger partial charge on any atom is -0.261 e. The molecule has 0 aliphatic rings. The van der Waals surface area contributed by atoms with Crippen LogP contribution in [-0.2, 0) is 0 Å². The fourth-order valence-corrected chi connectivity index (χ4v) is 1.78. The third kappa shape index (κ3) is 1.69. The second-order valence-corrected chi connectivity index (χ2v) is 4.20. The zero-order valence-corrected chi connectivity index (χ0v) is 9.35. The molecule has 66 valence electrons. The molecule has 0 unspecified atom stereocenters. The van der Waals surface area contributed by atoms with E-state index in [1.807, 2.05) is 31.3 Å². The highest BCUT2D eigenvalue weighted by molar-refractivity contribution is 9.10. The average molecular weight is 257 g/mol. The van der Waals surface area contributed by atoms with Gasteiger partial charge < -0.3 is 0 Å². The summed E-state index contributed by atoms with van der Waals surface area (Å²) in [6.45, 7) is 1.97. The highest BCUT2D eigenvalue weighted by atomic mass is 79.9. The maximum atomic E-state index is 5.95. The Morgan fingerprint density at radius 3 is 2.77 bits per heavy atom. The Bertz CT molecular complexity index is 468. The van der Waals surface area contributed by atoms with Gasteiger partial charge in [0.1, 0.15) is 0 Å². The van der Waals surface area contributed by atoms with Crippen molar-refractivity contribution in [1.29, 1.82) is 0 Å². The number of nitrogens with zero attached hydrogens (tertiary/aromatic N) is 1. The summed E-state index contributed by atoms with van der Waals surface area (Å²) >= 11 is 9.34. The molecule has 0 radical (unpaired) electrons. The van der Waals surface area contributed by atoms with Crippen LogP contribution in [0.5, 0.6) is 0 Å². The summed E-state index contributed by atoms with van der Waals surface area (Å²) in [6, 6.07) is 5.95. The van der Waals surface area contributed by atoms with Gasteiger partial charge in [-0.25, -0.2) is 0 Å². The number of rotatable bonds is 0. The van der Waals surface area contributed by atoms with Crippen LogP contribution in [0.2, 0.25) is 5.02 Å². The minimum atomic E-state index is 0.721. The topological polar surface area (TPSA) is 12.9 Å². The molecule has 2 aromatic rings. The van der Waals surface area contributed by atoms with Crippen molar-refractivity contribution in [3.05, 3.63) is 39.6 Å². The van der Waals surface area contributed by atoms with Crippen LogP contribution in [0.25, 0.3) is 10.8 Å². The molecule has 1 aromatic heterocycles. The molecular weight excluding hydrogens is 249 g/mol. The van der Waals surface area contributed by atoms with Gasteiger partial charge in [0.15, 0.2) is 0 Å². The van der Waals surface area contributed by atoms with Gasteiger partial charge >= 0.3 is 0 Å². The molecule has 13 heavy (non-hydrogen) atoms. The van der Waals surface area contributed by atoms with Gasteiger partial charge in [-0.3, -0.25) is 4.98 Å². The summed E-state index contributed by atoms with van der Waals surface area (Å²) in [7, 11) is 0. The lowest BCUT2D eigenvalue weighted by Crippen LogP contribution is -1.81. The van der Waals surface area contributed by atoms with Crippen molar-refractivity contribution in [3.63, 3.8) is 0 Å². The molecule has 2 rings (SSSR count). The van der Waals surface area contributed by atoms with Crippen molar-refractivity contribution < 1.29 is 0 Å². The summed E-state index contributed by atoms with van der Waals surface area (Å²) in [6.07, 6.45) is 1.84. The summed E-state index contributed by atoms with van der Waals surface area (Å²) < 4.78 is 0.923. The first-order chi connectivity index (χ1) is 6.16. The first kappa shape index (κ1) is 8.97. The van der Waals surface area contributed by atoms with E-state index >= 15 is 0 Å². The summed E-state index contributed by atoms with van der Waals surface area (Å²) in [5, 5.41) is 2.95. The normalized spacial score (nSPS) is 10.7. The number of hydrogen-bond acceptors (Lipinski definition) is 1. The second-order valence-electron chi connectivity index (χ2n) is 2.94. The summed E-state index contributed by atoms with van der Waals surface area (Å²) in [5.74, 6) is 0. The van der Waals surface area contributed by atoms with E-state index in [0.717, 1.165) is 26.0 Å². The lowest BCUT2D eigenvalue weighted by Gasteiger charge is -2.01. The number of fused-ring (bicyclic) bond motifs is 1. The Hall–Kier alpha value is -0.600. The Kier molecular flexibility index (Phi) is 2.26. The monoisotopic (exact) mass is 255 g/mol. The SMILES string of the molecule is Cc1cc2cc(Br)c(Cl)cc2cn1. The van der Waals surface area contributed by atoms with Crippen molar-refractivity contribution in [2.45, 2.75) is 6.92 Å². The van der Waals surface area contributed by atoms with Gasteiger partial charge in [-0.05, 0) is 46.4 Å². The summed E-state index contributed by atoms with van der Waals surface area (Å²) in [5.41, 5.74) is 1.02. The van der Waals surface area contributed by atoms with E-state index < -0.39 is 0 Å². The van der Waals surface area contributed by atoms with Crippen LogP contribution in [0, 0.1) is 6.92 Å². The molecule has 0 atom stereocenters. The van der Waals surface area contributed by atoms with Gasteiger partial charge in [-0.15, -0.1) is 0 Å². The van der Waals surface area contributed by atoms with Crippen molar-refractivity contribution >= 4 is 38.3 Å². The smallest absolute Gasteiger partial charge is 0.0555 e. The Labute approximate surface area is 89.9 Å². The van der Waals surface area contributed by atoms with E-state index in [2.05, 4.69) is 20.9 Å². The van der Waals surface area contributed by atoms with Crippen molar-refractivity contribution in [1.82, 2.24) is 4.98 Å².